The van der Waals surface area contributed by atoms with Crippen molar-refractivity contribution < 1.29 is 5.11 Å². The first kappa shape index (κ1) is 13.4. The Morgan fingerprint density at radius 1 is 1.56 bits per heavy atom. The molecule has 1 atom stereocenters. The van der Waals surface area contributed by atoms with Gasteiger partial charge < -0.3 is 5.11 Å². The molecule has 2 nitrogen and oxygen atoms in total. The van der Waals surface area contributed by atoms with Crippen LogP contribution in [0.15, 0.2) is 18.2 Å². The molecule has 0 fully saturated rings. The van der Waals surface area contributed by atoms with Crippen LogP contribution in [0.2, 0.25) is 5.02 Å². The number of aliphatic hydroxyl groups excluding tert-OH is 1. The lowest BCUT2D eigenvalue weighted by atomic mass is 10.2. The van der Waals surface area contributed by atoms with Crippen molar-refractivity contribution in [3.8, 4) is 6.07 Å². The van der Waals surface area contributed by atoms with Gasteiger partial charge in [0.1, 0.15) is 0 Å². The second-order valence-corrected chi connectivity index (χ2v) is 5.16. The molecule has 0 saturated carbocycles. The largest absolute Gasteiger partial charge is 0.396 e. The summed E-state index contributed by atoms with van der Waals surface area (Å²) in [4.78, 5) is 0. The summed E-state index contributed by atoms with van der Waals surface area (Å²) in [6.07, 6.45) is 0. The van der Waals surface area contributed by atoms with Gasteiger partial charge >= 0.3 is 0 Å². The molecule has 0 heterocycles. The predicted molar refractivity (Wildman–Crippen MR) is 68.6 cm³/mol. The average Bonchev–Trinajstić information content (AvgIpc) is 2.30. The second-order valence-electron chi connectivity index (χ2n) is 3.72. The summed E-state index contributed by atoms with van der Waals surface area (Å²) in [6, 6.07) is 7.40. The maximum Gasteiger partial charge on any atom is 0.0992 e. The summed E-state index contributed by atoms with van der Waals surface area (Å²) in [7, 11) is 0. The number of aliphatic hydroxyl groups is 1. The zero-order valence-corrected chi connectivity index (χ0v) is 10.7. The Hall–Kier alpha value is -0.690. The molecule has 0 aromatic heterocycles. The van der Waals surface area contributed by atoms with Crippen LogP contribution in [0.1, 0.15) is 18.1 Å². The van der Waals surface area contributed by atoms with Crippen molar-refractivity contribution in [2.24, 2.45) is 5.92 Å². The van der Waals surface area contributed by atoms with E-state index in [-0.39, 0.29) is 6.61 Å². The molecule has 16 heavy (non-hydrogen) atoms. The Kier molecular flexibility index (Phi) is 5.68. The van der Waals surface area contributed by atoms with Crippen molar-refractivity contribution in [2.75, 3.05) is 12.4 Å². The fourth-order valence-electron chi connectivity index (χ4n) is 1.16. The van der Waals surface area contributed by atoms with Crippen molar-refractivity contribution >= 4 is 23.4 Å². The molecule has 0 radical (unpaired) electrons. The Morgan fingerprint density at radius 3 is 2.88 bits per heavy atom. The molecule has 0 saturated heterocycles. The summed E-state index contributed by atoms with van der Waals surface area (Å²) in [6.45, 7) is 2.22. The maximum absolute atomic E-state index is 8.88. The number of benzene rings is 1. The predicted octanol–water partition coefficient (Wildman–Crippen LogP) is 3.07. The molecule has 0 aliphatic rings. The van der Waals surface area contributed by atoms with Gasteiger partial charge in [0.05, 0.1) is 11.6 Å². The highest BCUT2D eigenvalue weighted by atomic mass is 35.5. The molecule has 0 aliphatic heterocycles. The second kappa shape index (κ2) is 6.80. The highest BCUT2D eigenvalue weighted by Gasteiger charge is 2.04. The number of thioether (sulfide) groups is 1. The van der Waals surface area contributed by atoms with Gasteiger partial charge in [0, 0.05) is 17.4 Å². The normalized spacial score (nSPS) is 12.1. The van der Waals surface area contributed by atoms with Crippen LogP contribution in [-0.2, 0) is 5.75 Å². The van der Waals surface area contributed by atoms with E-state index in [1.807, 2.05) is 13.0 Å². The standard InChI is InChI=1S/C12H14ClNOS/c1-9(6-15)7-16-8-11-3-2-10(5-14)4-12(11)13/h2-4,9,15H,6-8H2,1H3. The molecule has 0 aliphatic carbocycles. The Labute approximate surface area is 105 Å². The molecule has 0 bridgehead atoms. The van der Waals surface area contributed by atoms with Crippen molar-refractivity contribution in [1.82, 2.24) is 0 Å². The topological polar surface area (TPSA) is 44.0 Å². The van der Waals surface area contributed by atoms with Crippen LogP contribution in [0.3, 0.4) is 0 Å². The van der Waals surface area contributed by atoms with Crippen LogP contribution >= 0.6 is 23.4 Å². The van der Waals surface area contributed by atoms with E-state index < -0.39 is 0 Å². The van der Waals surface area contributed by atoms with E-state index in [1.165, 1.54) is 0 Å². The molecular weight excluding hydrogens is 242 g/mol. The van der Waals surface area contributed by atoms with Gasteiger partial charge in [-0.25, -0.2) is 0 Å². The Morgan fingerprint density at radius 2 is 2.31 bits per heavy atom. The van der Waals surface area contributed by atoms with Gasteiger partial charge in [-0.2, -0.15) is 17.0 Å². The zero-order valence-electron chi connectivity index (χ0n) is 9.11. The van der Waals surface area contributed by atoms with Crippen LogP contribution in [-0.4, -0.2) is 17.5 Å². The van der Waals surface area contributed by atoms with E-state index in [2.05, 4.69) is 6.07 Å². The molecule has 1 rings (SSSR count). The van der Waals surface area contributed by atoms with Gasteiger partial charge in [0.25, 0.3) is 0 Å². The smallest absolute Gasteiger partial charge is 0.0992 e. The fraction of sp³-hybridized carbons (Fsp3) is 0.417. The van der Waals surface area contributed by atoms with Gasteiger partial charge in [0.2, 0.25) is 0 Å². The van der Waals surface area contributed by atoms with E-state index in [1.54, 1.807) is 23.9 Å². The molecule has 1 aromatic rings. The van der Waals surface area contributed by atoms with Gasteiger partial charge in [-0.15, -0.1) is 0 Å². The minimum absolute atomic E-state index is 0.216. The van der Waals surface area contributed by atoms with Crippen molar-refractivity contribution in [1.29, 1.82) is 5.26 Å². The number of nitrogens with zero attached hydrogens (tertiary/aromatic N) is 1. The first-order chi connectivity index (χ1) is 7.67. The molecule has 4 heteroatoms. The Balaban J connectivity index is 2.52. The summed E-state index contributed by atoms with van der Waals surface area (Å²) in [5.74, 6) is 2.03. The van der Waals surface area contributed by atoms with E-state index in [0.717, 1.165) is 17.1 Å². The number of hydrogen-bond acceptors (Lipinski definition) is 3. The summed E-state index contributed by atoms with van der Waals surface area (Å²) >= 11 is 7.78. The quantitative estimate of drug-likeness (QED) is 0.879. The van der Waals surface area contributed by atoms with Crippen LogP contribution in [0.4, 0.5) is 0 Å². The molecule has 1 N–H and O–H groups in total. The van der Waals surface area contributed by atoms with Crippen LogP contribution in [0.25, 0.3) is 0 Å². The zero-order chi connectivity index (χ0) is 12.0. The van der Waals surface area contributed by atoms with E-state index in [9.17, 15) is 0 Å². The first-order valence-electron chi connectivity index (χ1n) is 5.04. The number of rotatable bonds is 5. The molecular formula is C12H14ClNOS. The fourth-order valence-corrected chi connectivity index (χ4v) is 2.58. The molecule has 1 aromatic carbocycles. The average molecular weight is 256 g/mol. The van der Waals surface area contributed by atoms with Crippen molar-refractivity contribution in [3.05, 3.63) is 34.3 Å². The molecule has 86 valence electrons. The van der Waals surface area contributed by atoms with E-state index >= 15 is 0 Å². The van der Waals surface area contributed by atoms with Crippen LogP contribution in [0.5, 0.6) is 0 Å². The Bertz CT molecular complexity index is 389. The lowest BCUT2D eigenvalue weighted by Gasteiger charge is -2.08. The lowest BCUT2D eigenvalue weighted by molar-refractivity contribution is 0.250. The molecule has 0 spiro atoms. The summed E-state index contributed by atoms with van der Waals surface area (Å²) in [5, 5.41) is 18.2. The molecule has 1 unspecified atom stereocenters. The highest BCUT2D eigenvalue weighted by molar-refractivity contribution is 7.98. The van der Waals surface area contributed by atoms with E-state index in [0.29, 0.717) is 16.5 Å². The molecule has 0 amide bonds. The minimum Gasteiger partial charge on any atom is -0.396 e. The lowest BCUT2D eigenvalue weighted by Crippen LogP contribution is -2.03. The number of hydrogen-bond donors (Lipinski definition) is 1. The third-order valence-corrected chi connectivity index (χ3v) is 3.83. The highest BCUT2D eigenvalue weighted by Crippen LogP contribution is 2.23. The van der Waals surface area contributed by atoms with Gasteiger partial charge in [-0.05, 0) is 29.4 Å². The van der Waals surface area contributed by atoms with Crippen LogP contribution in [0, 0.1) is 17.2 Å². The third-order valence-electron chi connectivity index (χ3n) is 2.15. The monoisotopic (exact) mass is 255 g/mol. The number of nitriles is 1. The summed E-state index contributed by atoms with van der Waals surface area (Å²) in [5.41, 5.74) is 1.62. The van der Waals surface area contributed by atoms with Crippen molar-refractivity contribution in [3.63, 3.8) is 0 Å². The van der Waals surface area contributed by atoms with E-state index in [4.69, 9.17) is 22.0 Å². The SMILES string of the molecule is CC(CO)CSCc1ccc(C#N)cc1Cl. The minimum atomic E-state index is 0.216. The number of halogens is 1. The third kappa shape index (κ3) is 4.05. The first-order valence-corrected chi connectivity index (χ1v) is 6.57. The summed E-state index contributed by atoms with van der Waals surface area (Å²) < 4.78 is 0. The van der Waals surface area contributed by atoms with Gasteiger partial charge in [-0.1, -0.05) is 24.6 Å². The van der Waals surface area contributed by atoms with Crippen molar-refractivity contribution in [2.45, 2.75) is 12.7 Å². The van der Waals surface area contributed by atoms with Crippen LogP contribution < -0.4 is 0 Å². The van der Waals surface area contributed by atoms with Gasteiger partial charge in [0.15, 0.2) is 0 Å². The maximum atomic E-state index is 8.88. The van der Waals surface area contributed by atoms with Gasteiger partial charge in [-0.3, -0.25) is 0 Å².